The summed E-state index contributed by atoms with van der Waals surface area (Å²) in [5.74, 6) is 0.844. The summed E-state index contributed by atoms with van der Waals surface area (Å²) in [6.45, 7) is 0.636. The lowest BCUT2D eigenvalue weighted by molar-refractivity contribution is -0.137. The average Bonchev–Trinajstić information content (AvgIpc) is 3.26. The van der Waals surface area contributed by atoms with Gasteiger partial charge < -0.3 is 4.57 Å². The van der Waals surface area contributed by atoms with Crippen molar-refractivity contribution in [2.24, 2.45) is 0 Å². The zero-order valence-corrected chi connectivity index (χ0v) is 21.0. The maximum Gasteiger partial charge on any atom is 0.416 e. The Morgan fingerprint density at radius 3 is 2.19 bits per heavy atom. The molecule has 37 heavy (non-hydrogen) atoms. The third-order valence-electron chi connectivity index (χ3n) is 6.10. The lowest BCUT2D eigenvalue weighted by Gasteiger charge is -2.10. The molecule has 4 aromatic carbocycles. The van der Waals surface area contributed by atoms with Crippen LogP contribution in [-0.4, -0.2) is 9.55 Å². The minimum Gasteiger partial charge on any atom is -0.330 e. The fraction of sp³-hybridized carbons (Fsp3) is 0.100. The number of hydrogen-bond acceptors (Lipinski definition) is 1. The zero-order chi connectivity index (χ0) is 26.0. The molecule has 0 bridgehead atoms. The summed E-state index contributed by atoms with van der Waals surface area (Å²) in [6, 6.07) is 28.3. The maximum absolute atomic E-state index is 13.1. The van der Waals surface area contributed by atoms with Gasteiger partial charge >= 0.3 is 6.18 Å². The SMILES string of the molecule is FC(F)(F)c1cccc(-c2ccc(Cc3nc(-c4ccc(Cl)cc4Cl)cn3Cc3ccccc3)cc2)c1. The molecule has 0 saturated carbocycles. The normalized spacial score (nSPS) is 11.6. The average molecular weight is 537 g/mol. The molecule has 0 aliphatic heterocycles. The Balaban J connectivity index is 1.45. The molecule has 0 saturated heterocycles. The topological polar surface area (TPSA) is 17.8 Å². The Hall–Kier alpha value is -3.54. The maximum atomic E-state index is 13.1. The molecule has 5 rings (SSSR count). The van der Waals surface area contributed by atoms with Crippen molar-refractivity contribution >= 4 is 23.2 Å². The summed E-state index contributed by atoms with van der Waals surface area (Å²) in [7, 11) is 0. The minimum atomic E-state index is -4.38. The monoisotopic (exact) mass is 536 g/mol. The smallest absolute Gasteiger partial charge is 0.330 e. The Kier molecular flexibility index (Phi) is 7.09. The van der Waals surface area contributed by atoms with Crippen molar-refractivity contribution in [1.82, 2.24) is 9.55 Å². The van der Waals surface area contributed by atoms with Gasteiger partial charge in [0.05, 0.1) is 16.3 Å². The molecule has 0 aliphatic carbocycles. The number of rotatable bonds is 6. The van der Waals surface area contributed by atoms with Crippen molar-refractivity contribution in [2.45, 2.75) is 19.1 Å². The first-order chi connectivity index (χ1) is 17.8. The second-order valence-electron chi connectivity index (χ2n) is 8.73. The quantitative estimate of drug-likeness (QED) is 0.211. The summed E-state index contributed by atoms with van der Waals surface area (Å²) in [5, 5.41) is 1.08. The summed E-state index contributed by atoms with van der Waals surface area (Å²) >= 11 is 12.5. The number of alkyl halides is 3. The Morgan fingerprint density at radius 2 is 1.49 bits per heavy atom. The Morgan fingerprint density at radius 1 is 0.730 bits per heavy atom. The highest BCUT2D eigenvalue weighted by atomic mass is 35.5. The van der Waals surface area contributed by atoms with Crippen molar-refractivity contribution in [3.05, 3.63) is 136 Å². The first-order valence-corrected chi connectivity index (χ1v) is 12.3. The molecule has 1 aromatic heterocycles. The number of hydrogen-bond donors (Lipinski definition) is 0. The van der Waals surface area contributed by atoms with E-state index in [0.717, 1.165) is 39.8 Å². The predicted molar refractivity (Wildman–Crippen MR) is 143 cm³/mol. The third-order valence-corrected chi connectivity index (χ3v) is 6.65. The number of imidazole rings is 1. The standard InChI is InChI=1S/C30H21Cl2F3N2/c31-25-13-14-26(27(32)17-25)28-19-37(18-21-5-2-1-3-6-21)29(36-28)15-20-9-11-22(12-10-20)23-7-4-8-24(16-23)30(33,34)35/h1-14,16-17,19H,15,18H2. The van der Waals surface area contributed by atoms with E-state index in [1.165, 1.54) is 12.1 Å². The molecular formula is C30H21Cl2F3N2. The molecule has 5 aromatic rings. The van der Waals surface area contributed by atoms with Gasteiger partial charge in [-0.1, -0.05) is 89.9 Å². The molecule has 0 atom stereocenters. The van der Waals surface area contributed by atoms with Crippen LogP contribution in [0.25, 0.3) is 22.4 Å². The summed E-state index contributed by atoms with van der Waals surface area (Å²) in [6.07, 6.45) is -1.86. The second-order valence-corrected chi connectivity index (χ2v) is 9.58. The van der Waals surface area contributed by atoms with Gasteiger partial charge in [-0.3, -0.25) is 0 Å². The van der Waals surface area contributed by atoms with Gasteiger partial charge in [-0.25, -0.2) is 4.98 Å². The van der Waals surface area contributed by atoms with E-state index in [2.05, 4.69) is 16.7 Å². The fourth-order valence-electron chi connectivity index (χ4n) is 4.21. The molecule has 0 N–H and O–H groups in total. The first kappa shape index (κ1) is 25.1. The molecule has 0 aliphatic rings. The van der Waals surface area contributed by atoms with Gasteiger partial charge in [-0.15, -0.1) is 0 Å². The van der Waals surface area contributed by atoms with Crippen LogP contribution in [0.3, 0.4) is 0 Å². The van der Waals surface area contributed by atoms with Gasteiger partial charge in [0.1, 0.15) is 5.82 Å². The fourth-order valence-corrected chi connectivity index (χ4v) is 4.72. The number of benzene rings is 4. The molecule has 0 amide bonds. The van der Waals surface area contributed by atoms with E-state index < -0.39 is 11.7 Å². The van der Waals surface area contributed by atoms with E-state index in [0.29, 0.717) is 28.6 Å². The minimum absolute atomic E-state index is 0.520. The van der Waals surface area contributed by atoms with E-state index in [4.69, 9.17) is 28.2 Å². The van der Waals surface area contributed by atoms with E-state index in [1.54, 1.807) is 18.2 Å². The molecule has 0 fully saturated rings. The molecular weight excluding hydrogens is 516 g/mol. The lowest BCUT2D eigenvalue weighted by atomic mass is 10.0. The molecule has 7 heteroatoms. The van der Waals surface area contributed by atoms with Crippen LogP contribution in [0.1, 0.15) is 22.5 Å². The number of nitrogens with zero attached hydrogens (tertiary/aromatic N) is 2. The summed E-state index contributed by atoms with van der Waals surface area (Å²) in [5.41, 5.74) is 4.24. The van der Waals surface area contributed by atoms with Crippen LogP contribution in [0.15, 0.2) is 103 Å². The van der Waals surface area contributed by atoms with Gasteiger partial charge in [-0.2, -0.15) is 13.2 Å². The van der Waals surface area contributed by atoms with Gasteiger partial charge in [0.25, 0.3) is 0 Å². The van der Waals surface area contributed by atoms with Crippen molar-refractivity contribution in [2.75, 3.05) is 0 Å². The summed E-state index contributed by atoms with van der Waals surface area (Å²) in [4.78, 5) is 4.89. The van der Waals surface area contributed by atoms with Crippen LogP contribution in [-0.2, 0) is 19.1 Å². The molecule has 2 nitrogen and oxygen atoms in total. The van der Waals surface area contributed by atoms with E-state index in [9.17, 15) is 13.2 Å². The second kappa shape index (κ2) is 10.4. The van der Waals surface area contributed by atoms with E-state index in [1.807, 2.05) is 54.7 Å². The van der Waals surface area contributed by atoms with Crippen LogP contribution in [0.2, 0.25) is 10.0 Å². The molecule has 0 unspecified atom stereocenters. The predicted octanol–water partition coefficient (Wildman–Crippen LogP) is 9.18. The van der Waals surface area contributed by atoms with Crippen molar-refractivity contribution in [1.29, 1.82) is 0 Å². The van der Waals surface area contributed by atoms with Crippen LogP contribution in [0.5, 0.6) is 0 Å². The van der Waals surface area contributed by atoms with Crippen LogP contribution in [0.4, 0.5) is 13.2 Å². The van der Waals surface area contributed by atoms with Gasteiger partial charge in [0.2, 0.25) is 0 Å². The lowest BCUT2D eigenvalue weighted by Crippen LogP contribution is -2.05. The summed E-state index contributed by atoms with van der Waals surface area (Å²) < 4.78 is 41.5. The molecule has 0 spiro atoms. The van der Waals surface area contributed by atoms with Crippen LogP contribution in [0, 0.1) is 0 Å². The van der Waals surface area contributed by atoms with Gasteiger partial charge in [0.15, 0.2) is 0 Å². The van der Waals surface area contributed by atoms with Crippen molar-refractivity contribution in [3.8, 4) is 22.4 Å². The van der Waals surface area contributed by atoms with Crippen LogP contribution < -0.4 is 0 Å². The number of halogens is 5. The van der Waals surface area contributed by atoms with Crippen LogP contribution >= 0.6 is 23.2 Å². The highest BCUT2D eigenvalue weighted by Crippen LogP contribution is 2.33. The Bertz CT molecular complexity index is 1530. The molecule has 186 valence electrons. The van der Waals surface area contributed by atoms with Gasteiger partial charge in [-0.05, 0) is 52.6 Å². The zero-order valence-electron chi connectivity index (χ0n) is 19.5. The van der Waals surface area contributed by atoms with Crippen molar-refractivity contribution < 1.29 is 13.2 Å². The highest BCUT2D eigenvalue weighted by Gasteiger charge is 2.30. The highest BCUT2D eigenvalue weighted by molar-refractivity contribution is 6.36. The first-order valence-electron chi connectivity index (χ1n) is 11.6. The Labute approximate surface area is 222 Å². The molecule has 0 radical (unpaired) electrons. The van der Waals surface area contributed by atoms with E-state index >= 15 is 0 Å². The largest absolute Gasteiger partial charge is 0.416 e. The molecule has 1 heterocycles. The van der Waals surface area contributed by atoms with Crippen molar-refractivity contribution in [3.63, 3.8) is 0 Å². The van der Waals surface area contributed by atoms with Gasteiger partial charge in [0, 0.05) is 29.7 Å². The third kappa shape index (κ3) is 5.90. The number of aromatic nitrogens is 2. The van der Waals surface area contributed by atoms with E-state index in [-0.39, 0.29) is 0 Å².